The van der Waals surface area contributed by atoms with E-state index in [1.807, 2.05) is 26.8 Å². The number of nitrogens with zero attached hydrogens (tertiary/aromatic N) is 2. The monoisotopic (exact) mass is 367 g/mol. The molecule has 0 atom stereocenters. The lowest BCUT2D eigenvalue weighted by Gasteiger charge is -2.13. The predicted octanol–water partition coefficient (Wildman–Crippen LogP) is 2.51. The Morgan fingerprint density at radius 2 is 1.89 bits per heavy atom. The van der Waals surface area contributed by atoms with Gasteiger partial charge in [-0.2, -0.15) is 0 Å². The molecule has 0 fully saturated rings. The van der Waals surface area contributed by atoms with Crippen LogP contribution in [0.4, 0.5) is 0 Å². The quantitative estimate of drug-likeness (QED) is 0.697. The van der Waals surface area contributed by atoms with E-state index in [9.17, 15) is 9.59 Å². The van der Waals surface area contributed by atoms with Crippen molar-refractivity contribution in [2.45, 2.75) is 34.2 Å². The van der Waals surface area contributed by atoms with E-state index in [4.69, 9.17) is 9.15 Å². The minimum absolute atomic E-state index is 0.157. The van der Waals surface area contributed by atoms with Crippen LogP contribution in [0, 0.1) is 27.7 Å². The minimum atomic E-state index is -0.367. The highest BCUT2D eigenvalue weighted by Crippen LogP contribution is 2.30. The Kier molecular flexibility index (Phi) is 5.21. The van der Waals surface area contributed by atoms with E-state index >= 15 is 0 Å². The Hall–Kier alpha value is -3.22. The maximum absolute atomic E-state index is 12.1. The summed E-state index contributed by atoms with van der Waals surface area (Å²) in [6, 6.07) is 3.61. The van der Waals surface area contributed by atoms with Crippen LogP contribution in [0.25, 0.3) is 11.0 Å². The van der Waals surface area contributed by atoms with Crippen molar-refractivity contribution in [2.24, 2.45) is 0 Å². The molecule has 27 heavy (non-hydrogen) atoms. The Balaban J connectivity index is 1.74. The van der Waals surface area contributed by atoms with Gasteiger partial charge in [-0.1, -0.05) is 0 Å². The first-order valence-corrected chi connectivity index (χ1v) is 8.57. The molecule has 3 rings (SSSR count). The molecule has 1 aromatic carbocycles. The van der Waals surface area contributed by atoms with Crippen LogP contribution in [0.15, 0.2) is 33.7 Å². The summed E-state index contributed by atoms with van der Waals surface area (Å²) in [5, 5.41) is 3.45. The molecule has 0 radical (unpaired) electrons. The third-order valence-corrected chi connectivity index (χ3v) is 4.32. The first-order valence-electron chi connectivity index (χ1n) is 8.57. The van der Waals surface area contributed by atoms with Crippen LogP contribution in [0.5, 0.6) is 5.75 Å². The number of benzene rings is 1. The molecule has 1 N–H and O–H groups in total. The molecule has 7 heteroatoms. The average Bonchev–Trinajstić information content (AvgIpc) is 2.63. The van der Waals surface area contributed by atoms with Crippen LogP contribution in [0.2, 0.25) is 0 Å². The minimum Gasteiger partial charge on any atom is -0.483 e. The van der Waals surface area contributed by atoms with E-state index < -0.39 is 0 Å². The van der Waals surface area contributed by atoms with Crippen molar-refractivity contribution in [3.8, 4) is 5.75 Å². The lowest BCUT2D eigenvalue weighted by atomic mass is 10.0. The molecular formula is C20H21N3O4. The summed E-state index contributed by atoms with van der Waals surface area (Å²) in [6.07, 6.45) is 3.27. The molecule has 0 aliphatic carbocycles. The zero-order valence-electron chi connectivity index (χ0n) is 15.8. The lowest BCUT2D eigenvalue weighted by Crippen LogP contribution is -2.28. The number of rotatable bonds is 5. The third kappa shape index (κ3) is 4.13. The topological polar surface area (TPSA) is 94.3 Å². The number of ether oxygens (including phenoxy) is 1. The average molecular weight is 367 g/mol. The van der Waals surface area contributed by atoms with E-state index in [-0.39, 0.29) is 24.7 Å². The molecule has 7 nitrogen and oxygen atoms in total. The van der Waals surface area contributed by atoms with E-state index in [1.165, 1.54) is 0 Å². The van der Waals surface area contributed by atoms with Gasteiger partial charge in [-0.15, -0.1) is 0 Å². The molecule has 0 saturated heterocycles. The Morgan fingerprint density at radius 3 is 2.59 bits per heavy atom. The summed E-state index contributed by atoms with van der Waals surface area (Å²) >= 11 is 0. The van der Waals surface area contributed by atoms with Gasteiger partial charge in [-0.05, 0) is 51.0 Å². The molecule has 2 heterocycles. The molecule has 0 bridgehead atoms. The number of aryl methyl sites for hydroxylation is 3. The smallest absolute Gasteiger partial charge is 0.339 e. The number of fused-ring (bicyclic) bond motifs is 1. The maximum atomic E-state index is 12.1. The third-order valence-electron chi connectivity index (χ3n) is 4.32. The predicted molar refractivity (Wildman–Crippen MR) is 101 cm³/mol. The van der Waals surface area contributed by atoms with Gasteiger partial charge in [0.15, 0.2) is 6.61 Å². The molecule has 0 spiro atoms. The Bertz CT molecular complexity index is 1060. The Labute approximate surface area is 156 Å². The van der Waals surface area contributed by atoms with Gasteiger partial charge in [0, 0.05) is 11.8 Å². The van der Waals surface area contributed by atoms with Crippen molar-refractivity contribution in [1.29, 1.82) is 0 Å². The molecule has 0 saturated carbocycles. The fourth-order valence-corrected chi connectivity index (χ4v) is 2.70. The molecule has 3 aromatic rings. The van der Waals surface area contributed by atoms with E-state index in [0.717, 1.165) is 16.8 Å². The highest BCUT2D eigenvalue weighted by molar-refractivity contribution is 5.88. The zero-order chi connectivity index (χ0) is 19.6. The van der Waals surface area contributed by atoms with Gasteiger partial charge in [0.2, 0.25) is 0 Å². The van der Waals surface area contributed by atoms with Crippen LogP contribution >= 0.6 is 0 Å². The second-order valence-corrected chi connectivity index (χ2v) is 6.49. The van der Waals surface area contributed by atoms with Crippen LogP contribution in [-0.2, 0) is 11.3 Å². The zero-order valence-corrected chi connectivity index (χ0v) is 15.8. The number of hydrogen-bond acceptors (Lipinski definition) is 6. The van der Waals surface area contributed by atoms with Crippen molar-refractivity contribution in [2.75, 3.05) is 6.61 Å². The number of carbonyl (C=O) groups is 1. The van der Waals surface area contributed by atoms with Crippen molar-refractivity contribution in [3.05, 3.63) is 63.0 Å². The van der Waals surface area contributed by atoms with Crippen LogP contribution in [-0.4, -0.2) is 22.5 Å². The first kappa shape index (κ1) is 18.6. The molecule has 0 aliphatic heterocycles. The van der Waals surface area contributed by atoms with Crippen molar-refractivity contribution < 1.29 is 13.9 Å². The van der Waals surface area contributed by atoms with E-state index in [1.54, 1.807) is 25.4 Å². The molecule has 0 aliphatic rings. The second-order valence-electron chi connectivity index (χ2n) is 6.49. The van der Waals surface area contributed by atoms with Crippen LogP contribution < -0.4 is 15.7 Å². The normalized spacial score (nSPS) is 10.8. The summed E-state index contributed by atoms with van der Waals surface area (Å²) in [7, 11) is 0. The van der Waals surface area contributed by atoms with Gasteiger partial charge in [0.1, 0.15) is 11.3 Å². The van der Waals surface area contributed by atoms with Crippen LogP contribution in [0.1, 0.15) is 28.1 Å². The van der Waals surface area contributed by atoms with Crippen LogP contribution in [0.3, 0.4) is 0 Å². The lowest BCUT2D eigenvalue weighted by molar-refractivity contribution is -0.123. The van der Waals surface area contributed by atoms with E-state index in [0.29, 0.717) is 28.0 Å². The molecule has 2 aromatic heterocycles. The number of hydrogen-bond donors (Lipinski definition) is 1. The number of aromatic nitrogens is 2. The summed E-state index contributed by atoms with van der Waals surface area (Å²) in [5.41, 5.74) is 3.76. The van der Waals surface area contributed by atoms with Gasteiger partial charge in [0.05, 0.1) is 29.5 Å². The SMILES string of the molecule is Cc1cc(OCC(=O)NCc2cnc(C)cn2)c2c(C)c(C)c(=O)oc2c1. The molecular weight excluding hydrogens is 346 g/mol. The molecule has 0 unspecified atom stereocenters. The van der Waals surface area contributed by atoms with Crippen molar-refractivity contribution in [1.82, 2.24) is 15.3 Å². The summed E-state index contributed by atoms with van der Waals surface area (Å²) in [4.78, 5) is 32.4. The second kappa shape index (κ2) is 7.57. The Morgan fingerprint density at radius 1 is 1.11 bits per heavy atom. The number of nitrogens with one attached hydrogen (secondary N) is 1. The van der Waals surface area contributed by atoms with Gasteiger partial charge in [-0.25, -0.2) is 4.79 Å². The van der Waals surface area contributed by atoms with Gasteiger partial charge < -0.3 is 14.5 Å². The van der Waals surface area contributed by atoms with E-state index in [2.05, 4.69) is 15.3 Å². The van der Waals surface area contributed by atoms with Gasteiger partial charge >= 0.3 is 5.63 Å². The number of carbonyl (C=O) groups excluding carboxylic acids is 1. The summed E-state index contributed by atoms with van der Waals surface area (Å²) < 4.78 is 11.1. The summed E-state index contributed by atoms with van der Waals surface area (Å²) in [5.74, 6) is 0.235. The van der Waals surface area contributed by atoms with Crippen molar-refractivity contribution >= 4 is 16.9 Å². The standard InChI is InChI=1S/C20H21N3O4/c1-11-5-16(19-13(3)14(4)20(25)27-17(19)6-11)26-10-18(24)23-9-15-8-21-12(2)7-22-15/h5-8H,9-10H2,1-4H3,(H,23,24). The highest BCUT2D eigenvalue weighted by atomic mass is 16.5. The summed E-state index contributed by atoms with van der Waals surface area (Å²) in [6.45, 7) is 7.39. The largest absolute Gasteiger partial charge is 0.483 e. The molecule has 1 amide bonds. The van der Waals surface area contributed by atoms with Gasteiger partial charge in [0.25, 0.3) is 5.91 Å². The van der Waals surface area contributed by atoms with Gasteiger partial charge in [-0.3, -0.25) is 14.8 Å². The molecule has 140 valence electrons. The fourth-order valence-electron chi connectivity index (χ4n) is 2.70. The fraction of sp³-hybridized carbons (Fsp3) is 0.300. The maximum Gasteiger partial charge on any atom is 0.339 e. The van der Waals surface area contributed by atoms with Crippen molar-refractivity contribution in [3.63, 3.8) is 0 Å². The highest BCUT2D eigenvalue weighted by Gasteiger charge is 2.14. The first-order chi connectivity index (χ1) is 12.8. The number of amides is 1.